The number of fused-ring (bicyclic) bond motifs is 1. The Morgan fingerprint density at radius 2 is 2.17 bits per heavy atom. The number of benzene rings is 1. The molecule has 0 aliphatic carbocycles. The van der Waals surface area contributed by atoms with Crippen LogP contribution >= 0.6 is 11.8 Å². The number of thioether (sulfide) groups is 1. The Hall–Kier alpha value is -2.16. The Balaban J connectivity index is 1.54. The summed E-state index contributed by atoms with van der Waals surface area (Å²) >= 11 is 1.30. The van der Waals surface area contributed by atoms with Gasteiger partial charge in [0.05, 0.1) is 6.54 Å². The number of amides is 2. The number of aliphatic imine (C=N–C) groups is 1. The molecule has 1 atom stereocenters. The molecule has 1 aromatic rings. The van der Waals surface area contributed by atoms with Crippen LogP contribution in [0.15, 0.2) is 29.3 Å². The summed E-state index contributed by atoms with van der Waals surface area (Å²) in [7, 11) is 0. The molecule has 3 rings (SSSR count). The first-order chi connectivity index (χ1) is 11.0. The average molecular weight is 341 g/mol. The second-order valence-corrected chi connectivity index (χ2v) is 6.09. The van der Waals surface area contributed by atoms with Crippen LogP contribution in [0.25, 0.3) is 0 Å². The van der Waals surface area contributed by atoms with Gasteiger partial charge in [0.2, 0.25) is 11.8 Å². The number of nitrogens with zero attached hydrogens (tertiary/aromatic N) is 2. The van der Waals surface area contributed by atoms with E-state index in [1.165, 1.54) is 36.0 Å². The number of carbonyl (C=O) groups is 2. The van der Waals surface area contributed by atoms with Crippen molar-refractivity contribution in [2.24, 2.45) is 4.99 Å². The van der Waals surface area contributed by atoms with Gasteiger partial charge in [-0.25, -0.2) is 0 Å². The molecule has 2 aliphatic rings. The number of rotatable bonds is 5. The van der Waals surface area contributed by atoms with Gasteiger partial charge in [-0.2, -0.15) is 8.78 Å². The van der Waals surface area contributed by atoms with Gasteiger partial charge in [-0.15, -0.1) is 0 Å². The van der Waals surface area contributed by atoms with Crippen LogP contribution in [0.5, 0.6) is 5.75 Å². The quantitative estimate of drug-likeness (QED) is 0.888. The van der Waals surface area contributed by atoms with Crippen LogP contribution < -0.4 is 10.1 Å². The average Bonchev–Trinajstić information content (AvgIpc) is 3.05. The summed E-state index contributed by atoms with van der Waals surface area (Å²) in [6.45, 7) is -1.71. The summed E-state index contributed by atoms with van der Waals surface area (Å²) in [5.74, 6) is -0.402. The molecule has 0 unspecified atom stereocenters. The number of hydrogen-bond acceptors (Lipinski definition) is 5. The van der Waals surface area contributed by atoms with Crippen molar-refractivity contribution < 1.29 is 23.1 Å². The van der Waals surface area contributed by atoms with Crippen LogP contribution in [0.1, 0.15) is 6.42 Å². The van der Waals surface area contributed by atoms with Gasteiger partial charge in [-0.1, -0.05) is 11.8 Å². The fourth-order valence-electron chi connectivity index (χ4n) is 2.31. The lowest BCUT2D eigenvalue weighted by Crippen LogP contribution is -2.32. The first kappa shape index (κ1) is 15.7. The Bertz CT molecular complexity index is 651. The maximum atomic E-state index is 12.1. The van der Waals surface area contributed by atoms with Gasteiger partial charge in [0.1, 0.15) is 11.0 Å². The highest BCUT2D eigenvalue weighted by Gasteiger charge is 2.40. The molecule has 1 N–H and O–H groups in total. The standard InChI is InChI=1S/C14H13F2N3O3S/c15-13(16)22-9-3-1-8(2-4-9)18-11(20)7-10-12(21)19-6-5-17-14(19)23-10/h1-4,10,13H,5-7H2,(H,18,20)/t10-/m1/s1. The van der Waals surface area contributed by atoms with Crippen LogP contribution in [0, 0.1) is 0 Å². The number of amidine groups is 1. The molecule has 0 radical (unpaired) electrons. The first-order valence-electron chi connectivity index (χ1n) is 6.90. The minimum absolute atomic E-state index is 0.0122. The highest BCUT2D eigenvalue weighted by Crippen LogP contribution is 2.31. The highest BCUT2D eigenvalue weighted by molar-refractivity contribution is 8.15. The maximum Gasteiger partial charge on any atom is 0.387 e. The summed E-state index contributed by atoms with van der Waals surface area (Å²) in [5.41, 5.74) is 0.449. The minimum atomic E-state index is -2.89. The van der Waals surface area contributed by atoms with Crippen LogP contribution in [0.2, 0.25) is 0 Å². The van der Waals surface area contributed by atoms with Crippen LogP contribution in [0.4, 0.5) is 14.5 Å². The Morgan fingerprint density at radius 1 is 1.43 bits per heavy atom. The topological polar surface area (TPSA) is 71.0 Å². The van der Waals surface area contributed by atoms with E-state index >= 15 is 0 Å². The lowest BCUT2D eigenvalue weighted by Gasteiger charge is -2.11. The minimum Gasteiger partial charge on any atom is -0.435 e. The molecule has 2 heterocycles. The normalized spacial score (nSPS) is 19.8. The van der Waals surface area contributed by atoms with Gasteiger partial charge < -0.3 is 10.1 Å². The summed E-state index contributed by atoms with van der Waals surface area (Å²) in [6.07, 6.45) is 0.0360. The number of hydrogen-bond donors (Lipinski definition) is 1. The molecule has 0 spiro atoms. The summed E-state index contributed by atoms with van der Waals surface area (Å²) < 4.78 is 28.3. The fraction of sp³-hybridized carbons (Fsp3) is 0.357. The Morgan fingerprint density at radius 3 is 2.83 bits per heavy atom. The number of alkyl halides is 2. The van der Waals surface area contributed by atoms with E-state index in [9.17, 15) is 18.4 Å². The third-order valence-corrected chi connectivity index (χ3v) is 4.54. The van der Waals surface area contributed by atoms with E-state index in [-0.39, 0.29) is 24.0 Å². The predicted molar refractivity (Wildman–Crippen MR) is 81.7 cm³/mol. The van der Waals surface area contributed by atoms with Gasteiger partial charge in [-0.05, 0) is 24.3 Å². The van der Waals surface area contributed by atoms with E-state index < -0.39 is 11.9 Å². The number of nitrogens with one attached hydrogen (secondary N) is 1. The third-order valence-electron chi connectivity index (χ3n) is 3.32. The molecule has 1 fully saturated rings. The van der Waals surface area contributed by atoms with Crippen molar-refractivity contribution in [3.63, 3.8) is 0 Å². The molecule has 6 nitrogen and oxygen atoms in total. The van der Waals surface area contributed by atoms with Crippen LogP contribution in [-0.4, -0.2) is 46.8 Å². The van der Waals surface area contributed by atoms with E-state index in [2.05, 4.69) is 15.0 Å². The van der Waals surface area contributed by atoms with E-state index in [0.29, 0.717) is 23.9 Å². The molecule has 0 bridgehead atoms. The van der Waals surface area contributed by atoms with E-state index in [1.807, 2.05) is 0 Å². The van der Waals surface area contributed by atoms with E-state index in [0.717, 1.165) is 0 Å². The van der Waals surface area contributed by atoms with Gasteiger partial charge >= 0.3 is 6.61 Å². The molecule has 0 saturated carbocycles. The molecular formula is C14H13F2N3O3S. The first-order valence-corrected chi connectivity index (χ1v) is 7.78. The van der Waals surface area contributed by atoms with Crippen molar-refractivity contribution in [3.8, 4) is 5.75 Å². The summed E-state index contributed by atoms with van der Waals surface area (Å²) in [4.78, 5) is 29.9. The number of halogens is 2. The second kappa shape index (κ2) is 6.53. The van der Waals surface area contributed by atoms with Gasteiger partial charge in [0.15, 0.2) is 5.17 Å². The second-order valence-electron chi connectivity index (χ2n) is 4.92. The summed E-state index contributed by atoms with van der Waals surface area (Å²) in [6, 6.07) is 5.59. The summed E-state index contributed by atoms with van der Waals surface area (Å²) in [5, 5.41) is 2.85. The van der Waals surface area contributed by atoms with E-state index in [1.54, 1.807) is 4.90 Å². The zero-order valence-electron chi connectivity index (χ0n) is 11.9. The largest absolute Gasteiger partial charge is 0.435 e. The number of carbonyl (C=O) groups excluding carboxylic acids is 2. The van der Waals surface area contributed by atoms with Crippen molar-refractivity contribution in [3.05, 3.63) is 24.3 Å². The van der Waals surface area contributed by atoms with E-state index in [4.69, 9.17) is 0 Å². The molecule has 2 aliphatic heterocycles. The zero-order chi connectivity index (χ0) is 16.4. The molecule has 2 amide bonds. The predicted octanol–water partition coefficient (Wildman–Crippen LogP) is 1.93. The van der Waals surface area contributed by atoms with Gasteiger partial charge in [0.25, 0.3) is 0 Å². The highest BCUT2D eigenvalue weighted by atomic mass is 32.2. The van der Waals surface area contributed by atoms with Gasteiger partial charge in [0, 0.05) is 18.7 Å². The molecular weight excluding hydrogens is 328 g/mol. The maximum absolute atomic E-state index is 12.1. The van der Waals surface area contributed by atoms with Crippen molar-refractivity contribution in [1.82, 2.24) is 4.90 Å². The number of ether oxygens (including phenoxy) is 1. The van der Waals surface area contributed by atoms with Crippen molar-refractivity contribution >= 4 is 34.4 Å². The molecule has 0 aromatic heterocycles. The number of anilines is 1. The smallest absolute Gasteiger partial charge is 0.387 e. The lowest BCUT2D eigenvalue weighted by molar-refractivity contribution is -0.127. The van der Waals surface area contributed by atoms with Crippen LogP contribution in [-0.2, 0) is 9.59 Å². The Kier molecular flexibility index (Phi) is 4.46. The fourth-order valence-corrected chi connectivity index (χ4v) is 3.50. The molecule has 1 saturated heterocycles. The van der Waals surface area contributed by atoms with Crippen LogP contribution in [0.3, 0.4) is 0 Å². The Labute approximate surface area is 134 Å². The van der Waals surface area contributed by atoms with Crippen molar-refractivity contribution in [2.75, 3.05) is 18.4 Å². The lowest BCUT2D eigenvalue weighted by atomic mass is 10.2. The zero-order valence-corrected chi connectivity index (χ0v) is 12.7. The molecule has 1 aromatic carbocycles. The third kappa shape index (κ3) is 3.61. The van der Waals surface area contributed by atoms with Crippen molar-refractivity contribution in [2.45, 2.75) is 18.3 Å². The SMILES string of the molecule is O=C(C[C@H]1SC2=NCCN2C1=O)Nc1ccc(OC(F)F)cc1. The van der Waals surface area contributed by atoms with Crippen molar-refractivity contribution in [1.29, 1.82) is 0 Å². The monoisotopic (exact) mass is 341 g/mol. The van der Waals surface area contributed by atoms with Gasteiger partial charge in [-0.3, -0.25) is 19.5 Å². The molecule has 122 valence electrons. The molecule has 9 heteroatoms. The molecule has 23 heavy (non-hydrogen) atoms.